The first-order valence-electron chi connectivity index (χ1n) is 9.79. The number of carboxylic acid groups (broad SMARTS) is 1. The quantitative estimate of drug-likeness (QED) is 0.646. The van der Waals surface area contributed by atoms with Crippen molar-refractivity contribution in [1.82, 2.24) is 9.72 Å². The fourth-order valence-corrected chi connectivity index (χ4v) is 6.94. The zero-order chi connectivity index (χ0) is 20.3. The fraction of sp³-hybridized carbons (Fsp3) is 0.364. The number of thiophene rings is 1. The van der Waals surface area contributed by atoms with E-state index in [4.69, 9.17) is 0 Å². The van der Waals surface area contributed by atoms with E-state index in [2.05, 4.69) is 18.3 Å². The van der Waals surface area contributed by atoms with Crippen LogP contribution in [0.5, 0.6) is 0 Å². The minimum absolute atomic E-state index is 0.142. The molecule has 3 aromatic rings. The zero-order valence-corrected chi connectivity index (χ0v) is 18.0. The Bertz CT molecular complexity index is 1210. The molecule has 0 aromatic carbocycles. The Balaban J connectivity index is 1.73. The molecular formula is C22H22N2O3S2. The second kappa shape index (κ2) is 7.00. The summed E-state index contributed by atoms with van der Waals surface area (Å²) in [5, 5.41) is 12.9. The van der Waals surface area contributed by atoms with Gasteiger partial charge in [-0.15, -0.1) is 11.3 Å². The molecule has 0 radical (unpaired) electrons. The summed E-state index contributed by atoms with van der Waals surface area (Å²) in [4.78, 5) is 27.0. The Morgan fingerprint density at radius 1 is 1.28 bits per heavy atom. The second-order valence-electron chi connectivity index (χ2n) is 7.82. The van der Waals surface area contributed by atoms with Crippen molar-refractivity contribution in [2.75, 3.05) is 12.8 Å². The number of nitrogens with one attached hydrogen (secondary N) is 1. The first-order chi connectivity index (χ1) is 14.0. The number of aryl methyl sites for hydroxylation is 1. The molecule has 1 fully saturated rings. The van der Waals surface area contributed by atoms with Crippen molar-refractivity contribution in [2.24, 2.45) is 0 Å². The smallest absolute Gasteiger partial charge is 0.341 e. The van der Waals surface area contributed by atoms with Crippen LogP contribution in [0.25, 0.3) is 16.0 Å². The Hall–Kier alpha value is -2.09. The number of thioether (sulfide) groups is 1. The van der Waals surface area contributed by atoms with E-state index in [-0.39, 0.29) is 5.56 Å². The largest absolute Gasteiger partial charge is 0.477 e. The molecule has 150 valence electrons. The predicted octanol–water partition coefficient (Wildman–Crippen LogP) is 4.42. The number of carbonyl (C=O) groups is 1. The highest BCUT2D eigenvalue weighted by Crippen LogP contribution is 2.45. The van der Waals surface area contributed by atoms with E-state index in [9.17, 15) is 14.7 Å². The molecule has 1 unspecified atom stereocenters. The van der Waals surface area contributed by atoms with Gasteiger partial charge < -0.3 is 10.4 Å². The Morgan fingerprint density at radius 2 is 2.07 bits per heavy atom. The summed E-state index contributed by atoms with van der Waals surface area (Å²) in [5.74, 6) is 1.31. The van der Waals surface area contributed by atoms with E-state index in [0.717, 1.165) is 46.6 Å². The topological polar surface area (TPSA) is 70.8 Å². The van der Waals surface area contributed by atoms with Gasteiger partial charge in [0.15, 0.2) is 0 Å². The molecule has 29 heavy (non-hydrogen) atoms. The van der Waals surface area contributed by atoms with E-state index >= 15 is 0 Å². The summed E-state index contributed by atoms with van der Waals surface area (Å²) in [6.07, 6.45) is 3.84. The molecule has 0 amide bonds. The number of carboxylic acids is 1. The van der Waals surface area contributed by atoms with Crippen LogP contribution in [0, 0.1) is 6.92 Å². The molecule has 5 nitrogen and oxygen atoms in total. The Kier molecular flexibility index (Phi) is 4.57. The van der Waals surface area contributed by atoms with Crippen molar-refractivity contribution in [3.63, 3.8) is 0 Å². The maximum absolute atomic E-state index is 12.8. The Morgan fingerprint density at radius 3 is 2.76 bits per heavy atom. The number of hydrogen-bond acceptors (Lipinski definition) is 5. The van der Waals surface area contributed by atoms with Gasteiger partial charge in [-0.05, 0) is 73.2 Å². The average Bonchev–Trinajstić information content (AvgIpc) is 3.46. The van der Waals surface area contributed by atoms with E-state index in [1.807, 2.05) is 36.2 Å². The van der Waals surface area contributed by atoms with Crippen molar-refractivity contribution in [3.05, 3.63) is 61.9 Å². The van der Waals surface area contributed by atoms with Gasteiger partial charge in [0.05, 0.1) is 5.52 Å². The lowest BCUT2D eigenvalue weighted by Gasteiger charge is -2.21. The molecule has 1 aliphatic heterocycles. The van der Waals surface area contributed by atoms with Crippen LogP contribution < -0.4 is 10.9 Å². The fourth-order valence-electron chi connectivity index (χ4n) is 4.30. The first-order valence-corrected chi connectivity index (χ1v) is 11.8. The third kappa shape index (κ3) is 3.03. The molecule has 0 saturated heterocycles. The molecule has 2 N–H and O–H groups in total. The first kappa shape index (κ1) is 18.9. The number of aromatic nitrogens is 1. The van der Waals surface area contributed by atoms with Crippen molar-refractivity contribution >= 4 is 34.6 Å². The summed E-state index contributed by atoms with van der Waals surface area (Å²) >= 11 is 3.78. The number of pyridine rings is 2. The van der Waals surface area contributed by atoms with Crippen molar-refractivity contribution in [1.29, 1.82) is 0 Å². The van der Waals surface area contributed by atoms with Gasteiger partial charge in [-0.1, -0.05) is 0 Å². The molecule has 0 spiro atoms. The maximum Gasteiger partial charge on any atom is 0.341 e. The van der Waals surface area contributed by atoms with Crippen LogP contribution in [0.2, 0.25) is 0 Å². The normalized spacial score (nSPS) is 18.8. The molecule has 1 aliphatic carbocycles. The predicted molar refractivity (Wildman–Crippen MR) is 119 cm³/mol. The van der Waals surface area contributed by atoms with Crippen LogP contribution in [-0.2, 0) is 5.75 Å². The van der Waals surface area contributed by atoms with Crippen molar-refractivity contribution in [2.45, 2.75) is 37.5 Å². The number of aromatic carboxylic acids is 1. The monoisotopic (exact) mass is 426 g/mol. The molecule has 0 bridgehead atoms. The van der Waals surface area contributed by atoms with E-state index in [1.165, 1.54) is 19.7 Å². The highest BCUT2D eigenvalue weighted by molar-refractivity contribution is 7.98. The minimum Gasteiger partial charge on any atom is -0.477 e. The van der Waals surface area contributed by atoms with Crippen LogP contribution in [0.4, 0.5) is 0 Å². The molecule has 7 heteroatoms. The lowest BCUT2D eigenvalue weighted by atomic mass is 9.99. The summed E-state index contributed by atoms with van der Waals surface area (Å²) in [5.41, 5.74) is 4.84. The number of rotatable bonds is 4. The number of nitrogens with zero attached hydrogens (tertiary/aromatic N) is 1. The highest BCUT2D eigenvalue weighted by atomic mass is 32.2. The highest BCUT2D eigenvalue weighted by Gasteiger charge is 2.30. The molecule has 5 rings (SSSR count). The number of fused-ring (bicyclic) bond motifs is 2. The molecule has 1 atom stereocenters. The standard InChI is InChI=1S/C22H22N2O3S2/c1-11-13(18-8-15-17(23-2)9-28-10-19(15)29-18)5-6-24-20(11)14(12-3-4-12)7-16(21(24)25)22(26)27/h5-8,12,17,23H,3-4,9-10H2,1-2H3,(H,26,27). The van der Waals surface area contributed by atoms with Crippen LogP contribution in [0.3, 0.4) is 0 Å². The van der Waals surface area contributed by atoms with Gasteiger partial charge in [-0.3, -0.25) is 9.20 Å². The SMILES string of the molecule is CNC1CSCc2sc(-c3ccn4c(=O)c(C(=O)O)cc(C5CC5)c4c3C)cc21. The van der Waals surface area contributed by atoms with Gasteiger partial charge in [0.1, 0.15) is 5.56 Å². The lowest BCUT2D eigenvalue weighted by Crippen LogP contribution is -2.23. The molecule has 2 aliphatic rings. The third-order valence-corrected chi connectivity index (χ3v) is 8.44. The van der Waals surface area contributed by atoms with Gasteiger partial charge in [0.25, 0.3) is 5.56 Å². The molecule has 3 aromatic heterocycles. The minimum atomic E-state index is -1.16. The number of hydrogen-bond donors (Lipinski definition) is 2. The van der Waals surface area contributed by atoms with Crippen LogP contribution in [0.15, 0.2) is 29.2 Å². The van der Waals surface area contributed by atoms with E-state index in [0.29, 0.717) is 12.0 Å². The summed E-state index contributed by atoms with van der Waals surface area (Å²) in [6.45, 7) is 2.05. The van der Waals surface area contributed by atoms with Crippen LogP contribution in [0.1, 0.15) is 56.7 Å². The van der Waals surface area contributed by atoms with Gasteiger partial charge in [-0.25, -0.2) is 4.79 Å². The molecular weight excluding hydrogens is 404 g/mol. The zero-order valence-electron chi connectivity index (χ0n) is 16.3. The second-order valence-corrected chi connectivity index (χ2v) is 9.98. The van der Waals surface area contributed by atoms with Crippen LogP contribution in [-0.4, -0.2) is 28.3 Å². The van der Waals surface area contributed by atoms with E-state index in [1.54, 1.807) is 12.3 Å². The summed E-state index contributed by atoms with van der Waals surface area (Å²) < 4.78 is 1.54. The molecule has 4 heterocycles. The third-order valence-electron chi connectivity index (χ3n) is 6.01. The summed E-state index contributed by atoms with van der Waals surface area (Å²) in [6, 6.07) is 6.24. The summed E-state index contributed by atoms with van der Waals surface area (Å²) in [7, 11) is 2.01. The Labute approximate surface area is 176 Å². The maximum atomic E-state index is 12.8. The molecule has 1 saturated carbocycles. The van der Waals surface area contributed by atoms with Gasteiger partial charge in [-0.2, -0.15) is 11.8 Å². The van der Waals surface area contributed by atoms with Gasteiger partial charge in [0.2, 0.25) is 0 Å². The van der Waals surface area contributed by atoms with Crippen molar-refractivity contribution < 1.29 is 9.90 Å². The van der Waals surface area contributed by atoms with Crippen molar-refractivity contribution in [3.8, 4) is 10.4 Å². The average molecular weight is 427 g/mol. The van der Waals surface area contributed by atoms with E-state index < -0.39 is 11.5 Å². The lowest BCUT2D eigenvalue weighted by molar-refractivity contribution is 0.0694. The van der Waals surface area contributed by atoms with Crippen LogP contribution >= 0.6 is 23.1 Å². The van der Waals surface area contributed by atoms with Gasteiger partial charge in [0, 0.05) is 33.5 Å². The van der Waals surface area contributed by atoms with Gasteiger partial charge >= 0.3 is 5.97 Å².